The number of benzene rings is 17. The van der Waals surface area contributed by atoms with Gasteiger partial charge in [0.15, 0.2) is 11.6 Å². The van der Waals surface area contributed by atoms with Crippen molar-refractivity contribution in [1.29, 1.82) is 0 Å². The fourth-order valence-electron chi connectivity index (χ4n) is 17.9. The van der Waals surface area contributed by atoms with Gasteiger partial charge >= 0.3 is 19.8 Å². The third-order valence-electron chi connectivity index (χ3n) is 24.3. The fourth-order valence-corrected chi connectivity index (χ4v) is 21.3. The number of rotatable bonds is 11. The number of aryl methyl sites for hydroxylation is 3. The summed E-state index contributed by atoms with van der Waals surface area (Å²) in [7, 11) is 5.10. The summed E-state index contributed by atoms with van der Waals surface area (Å²) in [4.78, 5) is 39.7. The van der Waals surface area contributed by atoms with E-state index in [0.29, 0.717) is 0 Å². The van der Waals surface area contributed by atoms with E-state index in [1.165, 1.54) is 104 Å². The number of carbonyl (C=O) groups excluding carboxylic acids is 2. The third kappa shape index (κ3) is 21.8. The first kappa shape index (κ1) is 101. The van der Waals surface area contributed by atoms with Gasteiger partial charge in [-0.2, -0.15) is 97.1 Å². The number of aromatic nitrogens is 12. The van der Waals surface area contributed by atoms with Crippen molar-refractivity contribution in [3.8, 4) is 29.5 Å². The van der Waals surface area contributed by atoms with Crippen molar-refractivity contribution in [2.24, 2.45) is 21.1 Å². The summed E-state index contributed by atoms with van der Waals surface area (Å²) < 4.78 is 17.5. The van der Waals surface area contributed by atoms with E-state index in [9.17, 15) is 9.59 Å². The quantitative estimate of drug-likeness (QED) is 0.0559. The minimum atomic E-state index is -0.545. The van der Waals surface area contributed by atoms with E-state index < -0.39 is 15.8 Å². The molecule has 706 valence electrons. The van der Waals surface area contributed by atoms with Crippen LogP contribution in [-0.4, -0.2) is 91.6 Å². The molecule has 0 saturated carbocycles. The molecule has 8 heterocycles. The molecule has 17 aromatic carbocycles. The van der Waals surface area contributed by atoms with E-state index in [-0.39, 0.29) is 83.1 Å². The van der Waals surface area contributed by atoms with Crippen LogP contribution in [0.4, 0.5) is 0 Å². The molecular formula is C121H102Ir2N12O4OsP2. The first-order valence-corrected chi connectivity index (χ1v) is 50.0. The largest absolute Gasteiger partial charge is 2.00 e. The SMILES string of the molecule is CC(=O)C=C(C)O.CC(=O)C=C(C)O.C[PH+](c1ccccc1)c1ccccc1.C[PH+](c1ccccc1)c1ccccc1.Cn1c(-n2c3[c-]cccc3c3ccccc32)nc2ccccc21.Cn1c(-n2c3[c-]cccc3c3ccccc32)nc2ccccc21.Cn1c(-n2c3[c-]cccc3c3ccccc32)nc2ccccc21.[Ir].[Ir].[Os+2].[c-]1cccc2c3ccccc3n(-c3nc4ccccc4n3-c3ccccc3)c12. The smallest absolute Gasteiger partial charge is 0.512 e. The number of hydrogen-bond acceptors (Lipinski definition) is 8. The zero-order chi connectivity index (χ0) is 96.0. The van der Waals surface area contributed by atoms with Crippen molar-refractivity contribution in [3.63, 3.8) is 0 Å². The molecule has 0 bridgehead atoms. The van der Waals surface area contributed by atoms with Crippen LogP contribution in [0.15, 0.2) is 442 Å². The summed E-state index contributed by atoms with van der Waals surface area (Å²) in [6.45, 7) is 10.4. The maximum absolute atomic E-state index is 10.0. The molecule has 25 rings (SSSR count). The molecule has 2 N–H and O–H groups in total. The Hall–Kier alpha value is -15.0. The van der Waals surface area contributed by atoms with Gasteiger partial charge in [0.1, 0.15) is 0 Å². The van der Waals surface area contributed by atoms with E-state index in [2.05, 4.69) is 417 Å². The van der Waals surface area contributed by atoms with Crippen molar-refractivity contribution >= 4 is 180 Å². The third-order valence-corrected chi connectivity index (χ3v) is 29.1. The summed E-state index contributed by atoms with van der Waals surface area (Å²) in [6.07, 6.45) is 2.33. The Labute approximate surface area is 867 Å². The van der Waals surface area contributed by atoms with Crippen molar-refractivity contribution in [2.45, 2.75) is 27.7 Å². The summed E-state index contributed by atoms with van der Waals surface area (Å²) in [5.41, 5.74) is 18.4. The van der Waals surface area contributed by atoms with E-state index in [1.807, 2.05) is 97.1 Å². The van der Waals surface area contributed by atoms with Crippen LogP contribution in [0.3, 0.4) is 0 Å². The number of aliphatic hydroxyl groups excluding tert-OH is 2. The zero-order valence-electron chi connectivity index (χ0n) is 79.6. The fraction of sp³-hybridized carbons (Fsp3) is 0.0744. The Morgan fingerprint density at radius 1 is 0.254 bits per heavy atom. The summed E-state index contributed by atoms with van der Waals surface area (Å²) in [5.74, 6) is 3.50. The van der Waals surface area contributed by atoms with Crippen molar-refractivity contribution in [3.05, 3.63) is 467 Å². The molecule has 0 aliphatic heterocycles. The molecule has 25 aromatic rings. The van der Waals surface area contributed by atoms with Gasteiger partial charge in [0.05, 0.1) is 106 Å². The second kappa shape index (κ2) is 46.9. The molecule has 21 heteroatoms. The predicted octanol–water partition coefficient (Wildman–Crippen LogP) is 26.4. The second-order valence-electron chi connectivity index (χ2n) is 33.6. The van der Waals surface area contributed by atoms with Crippen LogP contribution < -0.4 is 21.2 Å². The summed E-state index contributed by atoms with van der Waals surface area (Å²) in [5, 5.41) is 32.3. The van der Waals surface area contributed by atoms with E-state index in [1.54, 1.807) is 0 Å². The number of fused-ring (bicyclic) bond motifs is 16. The van der Waals surface area contributed by atoms with Gasteiger partial charge in [-0.1, -0.05) is 234 Å². The van der Waals surface area contributed by atoms with Crippen molar-refractivity contribution < 1.29 is 79.8 Å². The van der Waals surface area contributed by atoms with Gasteiger partial charge in [-0.15, -0.1) is 21.5 Å². The topological polar surface area (TPSA) is 166 Å². The Kier molecular flexibility index (Phi) is 33.5. The van der Waals surface area contributed by atoms with Crippen LogP contribution in [0.2, 0.25) is 0 Å². The molecular weight excluding hydrogens is 2320 g/mol. The number of ketones is 2. The molecule has 16 nitrogen and oxygen atoms in total. The van der Waals surface area contributed by atoms with E-state index >= 15 is 0 Å². The van der Waals surface area contributed by atoms with Gasteiger partial charge in [0, 0.05) is 101 Å². The monoisotopic (exact) mass is 2430 g/mol. The summed E-state index contributed by atoms with van der Waals surface area (Å²) >= 11 is 0. The summed E-state index contributed by atoms with van der Waals surface area (Å²) in [6, 6.07) is 158. The average Bonchev–Trinajstić information content (AvgIpc) is 1.60. The molecule has 0 spiro atoms. The van der Waals surface area contributed by atoms with Crippen LogP contribution in [0.25, 0.3) is 161 Å². The molecule has 0 fully saturated rings. The Morgan fingerprint density at radius 3 is 0.704 bits per heavy atom. The Balaban J connectivity index is 0.000000126. The van der Waals surface area contributed by atoms with Gasteiger partial charge in [0.25, 0.3) is 0 Å². The Morgan fingerprint density at radius 2 is 0.458 bits per heavy atom. The van der Waals surface area contributed by atoms with Crippen LogP contribution >= 0.6 is 15.8 Å². The maximum atomic E-state index is 10.0. The minimum absolute atomic E-state index is 0. The van der Waals surface area contributed by atoms with Gasteiger partial charge in [0.2, 0.25) is 23.8 Å². The van der Waals surface area contributed by atoms with Crippen LogP contribution in [0.5, 0.6) is 0 Å². The first-order chi connectivity index (χ1) is 68.0. The van der Waals surface area contributed by atoms with Crippen molar-refractivity contribution in [1.82, 2.24) is 56.5 Å². The standard InChI is InChI=1S/C25H16N3.3C20H14N3.2C13H13P.2C5H8O2.2Ir.Os/c1-2-10-18(11-3-1)27-24-17-9-6-14-21(24)26-25(27)28-22-15-7-4-12-19(22)20-13-5-8-16-23(20)28;3*1-22-19-13-7-4-10-16(19)21-20(22)23-17-11-5-2-8-14(17)15-9-3-6-12-18(15)23;2*1-14(12-8-4-2-5-9-12)13-10-6-3-7-11-13;2*1-4(6)3-5(2)7;;;/h1-15,17H;3*2-11,13H,1H3;2*2-11H,1H3;2*3,6H,1-2H3;;;/q4*-1;;;;;;;+2/p+2. The normalized spacial score (nSPS) is 11.1. The van der Waals surface area contributed by atoms with Gasteiger partial charge in [-0.25, -0.2) is 19.9 Å². The molecule has 0 unspecified atom stereocenters. The van der Waals surface area contributed by atoms with Crippen LogP contribution in [0, 0.1) is 24.3 Å². The average molecular weight is 2420 g/mol. The van der Waals surface area contributed by atoms with E-state index in [4.69, 9.17) is 30.1 Å². The number of allylic oxidation sites excluding steroid dienone is 4. The van der Waals surface area contributed by atoms with E-state index in [0.717, 1.165) is 118 Å². The predicted molar refractivity (Wildman–Crippen MR) is 583 cm³/mol. The van der Waals surface area contributed by atoms with Crippen molar-refractivity contribution in [2.75, 3.05) is 13.3 Å². The Bertz CT molecular complexity index is 7890. The van der Waals surface area contributed by atoms with Gasteiger partial charge < -0.3 is 42.2 Å². The minimum Gasteiger partial charge on any atom is -0.512 e. The van der Waals surface area contributed by atoms with Crippen LogP contribution in [0.1, 0.15) is 27.7 Å². The first-order valence-electron chi connectivity index (χ1n) is 46.0. The molecule has 0 aliphatic rings. The van der Waals surface area contributed by atoms with Gasteiger partial charge in [-0.3, -0.25) is 14.2 Å². The molecule has 0 aliphatic carbocycles. The number of imidazole rings is 4. The van der Waals surface area contributed by atoms with Crippen LogP contribution in [-0.2, 0) is 90.7 Å². The number of aliphatic hydroxyl groups is 2. The number of nitrogens with zero attached hydrogens (tertiary/aromatic N) is 12. The maximum Gasteiger partial charge on any atom is 2.00 e. The zero-order valence-corrected chi connectivity index (χ0v) is 88.9. The molecule has 2 radical (unpaired) electrons. The number of carbonyl (C=O) groups is 2. The second-order valence-corrected chi connectivity index (χ2v) is 38.4. The van der Waals surface area contributed by atoms with Gasteiger partial charge in [-0.05, 0) is 183 Å². The molecule has 0 atom stereocenters. The number of hydrogen-bond donors (Lipinski definition) is 2. The molecule has 0 saturated heterocycles. The number of para-hydroxylation sites is 17. The molecule has 142 heavy (non-hydrogen) atoms. The molecule has 8 aromatic heterocycles. The molecule has 0 amide bonds.